The van der Waals surface area contributed by atoms with E-state index in [1.807, 2.05) is 0 Å². The number of aliphatic hydroxyl groups excluding tert-OH is 1. The molecule has 2 fully saturated rings. The van der Waals surface area contributed by atoms with Crippen LogP contribution in [0.2, 0.25) is 0 Å². The van der Waals surface area contributed by atoms with E-state index in [4.69, 9.17) is 9.47 Å². The average molecular weight is 257 g/mol. The summed E-state index contributed by atoms with van der Waals surface area (Å²) in [5.74, 6) is 0. The first-order chi connectivity index (χ1) is 8.78. The van der Waals surface area contributed by atoms with Gasteiger partial charge in [-0.1, -0.05) is 6.92 Å². The van der Waals surface area contributed by atoms with Crippen LogP contribution in [0.1, 0.15) is 32.6 Å². The van der Waals surface area contributed by atoms with Crippen LogP contribution in [0.4, 0.5) is 0 Å². The van der Waals surface area contributed by atoms with Crippen molar-refractivity contribution in [1.29, 1.82) is 0 Å². The first-order valence-electron chi connectivity index (χ1n) is 7.30. The van der Waals surface area contributed by atoms with E-state index in [1.54, 1.807) is 0 Å². The molecule has 0 bridgehead atoms. The third-order valence-electron chi connectivity index (χ3n) is 4.38. The lowest BCUT2D eigenvalue weighted by atomic mass is 9.80. The van der Waals surface area contributed by atoms with Crippen molar-refractivity contribution in [3.63, 3.8) is 0 Å². The van der Waals surface area contributed by atoms with E-state index < -0.39 is 0 Å². The van der Waals surface area contributed by atoms with Gasteiger partial charge in [-0.2, -0.15) is 0 Å². The SMILES string of the molecule is CCN(CC1CCCO1)CC1(CO)CCOCC1. The van der Waals surface area contributed by atoms with E-state index >= 15 is 0 Å². The molecule has 1 atom stereocenters. The highest BCUT2D eigenvalue weighted by molar-refractivity contribution is 4.85. The third-order valence-corrected chi connectivity index (χ3v) is 4.38. The lowest BCUT2D eigenvalue weighted by Crippen LogP contribution is -2.46. The van der Waals surface area contributed by atoms with Crippen molar-refractivity contribution >= 4 is 0 Å². The Hall–Kier alpha value is -0.160. The van der Waals surface area contributed by atoms with Gasteiger partial charge in [0.1, 0.15) is 0 Å². The summed E-state index contributed by atoms with van der Waals surface area (Å²) in [5.41, 5.74) is 0.0485. The van der Waals surface area contributed by atoms with Crippen LogP contribution >= 0.6 is 0 Å². The van der Waals surface area contributed by atoms with Crippen LogP contribution in [-0.4, -0.2) is 62.2 Å². The molecule has 2 saturated heterocycles. The molecule has 2 aliphatic rings. The minimum Gasteiger partial charge on any atom is -0.396 e. The van der Waals surface area contributed by atoms with Crippen LogP contribution in [0, 0.1) is 5.41 Å². The number of ether oxygens (including phenoxy) is 2. The molecule has 2 heterocycles. The van der Waals surface area contributed by atoms with Crippen molar-refractivity contribution in [2.24, 2.45) is 5.41 Å². The molecular weight excluding hydrogens is 230 g/mol. The zero-order valence-electron chi connectivity index (χ0n) is 11.6. The number of aliphatic hydroxyl groups is 1. The molecule has 0 radical (unpaired) electrons. The summed E-state index contributed by atoms with van der Waals surface area (Å²) in [4.78, 5) is 2.44. The summed E-state index contributed by atoms with van der Waals surface area (Å²) in [6, 6.07) is 0. The molecule has 2 rings (SSSR count). The van der Waals surface area contributed by atoms with Crippen LogP contribution < -0.4 is 0 Å². The summed E-state index contributed by atoms with van der Waals surface area (Å²) in [5, 5.41) is 9.73. The van der Waals surface area contributed by atoms with Crippen molar-refractivity contribution in [2.75, 3.05) is 46.1 Å². The largest absolute Gasteiger partial charge is 0.396 e. The fraction of sp³-hybridized carbons (Fsp3) is 1.00. The van der Waals surface area contributed by atoms with E-state index in [9.17, 15) is 5.11 Å². The van der Waals surface area contributed by atoms with Crippen LogP contribution in [-0.2, 0) is 9.47 Å². The van der Waals surface area contributed by atoms with Gasteiger partial charge in [-0.05, 0) is 32.2 Å². The van der Waals surface area contributed by atoms with Crippen molar-refractivity contribution < 1.29 is 14.6 Å². The standard InChI is InChI=1S/C14H27NO3/c1-2-15(10-13-4-3-7-18-13)11-14(12-16)5-8-17-9-6-14/h13,16H,2-12H2,1H3. The Labute approximate surface area is 110 Å². The highest BCUT2D eigenvalue weighted by Gasteiger charge is 2.34. The Balaban J connectivity index is 1.86. The Morgan fingerprint density at radius 2 is 2.06 bits per heavy atom. The van der Waals surface area contributed by atoms with Crippen molar-refractivity contribution in [2.45, 2.75) is 38.7 Å². The summed E-state index contributed by atoms with van der Waals surface area (Å²) >= 11 is 0. The minimum atomic E-state index is 0.0485. The molecule has 0 aromatic rings. The molecule has 106 valence electrons. The Morgan fingerprint density at radius 3 is 2.61 bits per heavy atom. The predicted molar refractivity (Wildman–Crippen MR) is 70.7 cm³/mol. The first-order valence-corrected chi connectivity index (χ1v) is 7.30. The quantitative estimate of drug-likeness (QED) is 0.778. The zero-order valence-corrected chi connectivity index (χ0v) is 11.6. The Morgan fingerprint density at radius 1 is 1.28 bits per heavy atom. The molecule has 0 aliphatic carbocycles. The van der Waals surface area contributed by atoms with Gasteiger partial charge < -0.3 is 19.5 Å². The van der Waals surface area contributed by atoms with Gasteiger partial charge in [0.2, 0.25) is 0 Å². The van der Waals surface area contributed by atoms with Gasteiger partial charge in [-0.25, -0.2) is 0 Å². The molecule has 2 aliphatic heterocycles. The molecular formula is C14H27NO3. The zero-order chi connectivity index (χ0) is 12.8. The first kappa shape index (κ1) is 14.3. The van der Waals surface area contributed by atoms with Crippen LogP contribution in [0.3, 0.4) is 0 Å². The summed E-state index contributed by atoms with van der Waals surface area (Å²) in [6.07, 6.45) is 4.74. The van der Waals surface area contributed by atoms with Gasteiger partial charge in [0.25, 0.3) is 0 Å². The lowest BCUT2D eigenvalue weighted by Gasteiger charge is -2.40. The maximum Gasteiger partial charge on any atom is 0.0702 e. The molecule has 1 N–H and O–H groups in total. The molecule has 0 amide bonds. The monoisotopic (exact) mass is 257 g/mol. The molecule has 4 heteroatoms. The van der Waals surface area contributed by atoms with Crippen LogP contribution in [0.15, 0.2) is 0 Å². The molecule has 18 heavy (non-hydrogen) atoms. The van der Waals surface area contributed by atoms with E-state index in [0.29, 0.717) is 6.10 Å². The topological polar surface area (TPSA) is 41.9 Å². The van der Waals surface area contributed by atoms with Crippen LogP contribution in [0.25, 0.3) is 0 Å². The molecule has 4 nitrogen and oxygen atoms in total. The minimum absolute atomic E-state index is 0.0485. The summed E-state index contributed by atoms with van der Waals surface area (Å²) in [6.45, 7) is 7.99. The van der Waals surface area contributed by atoms with Gasteiger partial charge in [0.15, 0.2) is 0 Å². The van der Waals surface area contributed by atoms with Crippen molar-refractivity contribution in [1.82, 2.24) is 4.90 Å². The molecule has 0 aromatic carbocycles. The fourth-order valence-corrected chi connectivity index (χ4v) is 3.03. The normalized spacial score (nSPS) is 27.8. The molecule has 1 unspecified atom stereocenters. The second kappa shape index (κ2) is 6.85. The van der Waals surface area contributed by atoms with Gasteiger partial charge in [0.05, 0.1) is 12.7 Å². The second-order valence-electron chi connectivity index (χ2n) is 5.73. The molecule has 0 saturated carbocycles. The summed E-state index contributed by atoms with van der Waals surface area (Å²) < 4.78 is 11.1. The highest BCUT2D eigenvalue weighted by atomic mass is 16.5. The smallest absolute Gasteiger partial charge is 0.0702 e. The Bertz CT molecular complexity index is 235. The van der Waals surface area contributed by atoms with E-state index in [0.717, 1.165) is 52.3 Å². The highest BCUT2D eigenvalue weighted by Crippen LogP contribution is 2.31. The van der Waals surface area contributed by atoms with Gasteiger partial charge in [-0.3, -0.25) is 0 Å². The van der Waals surface area contributed by atoms with E-state index in [1.165, 1.54) is 12.8 Å². The Kier molecular flexibility index (Phi) is 5.42. The van der Waals surface area contributed by atoms with Gasteiger partial charge in [-0.15, -0.1) is 0 Å². The van der Waals surface area contributed by atoms with Crippen molar-refractivity contribution in [3.05, 3.63) is 0 Å². The van der Waals surface area contributed by atoms with Gasteiger partial charge in [0, 0.05) is 38.3 Å². The number of likely N-dealkylation sites (N-methyl/N-ethyl adjacent to an activating group) is 1. The predicted octanol–water partition coefficient (Wildman–Crippen LogP) is 1.28. The van der Waals surface area contributed by atoms with Crippen molar-refractivity contribution in [3.8, 4) is 0 Å². The number of nitrogens with zero attached hydrogens (tertiary/aromatic N) is 1. The molecule has 0 spiro atoms. The van der Waals surface area contributed by atoms with Crippen LogP contribution in [0.5, 0.6) is 0 Å². The maximum atomic E-state index is 9.73. The third kappa shape index (κ3) is 3.67. The average Bonchev–Trinajstić information content (AvgIpc) is 2.92. The molecule has 0 aromatic heterocycles. The number of rotatable bonds is 6. The fourth-order valence-electron chi connectivity index (χ4n) is 3.03. The van der Waals surface area contributed by atoms with Gasteiger partial charge >= 0.3 is 0 Å². The second-order valence-corrected chi connectivity index (χ2v) is 5.73. The van der Waals surface area contributed by atoms with E-state index in [2.05, 4.69) is 11.8 Å². The number of hydrogen-bond donors (Lipinski definition) is 1. The van der Waals surface area contributed by atoms with E-state index in [-0.39, 0.29) is 12.0 Å². The number of hydrogen-bond acceptors (Lipinski definition) is 4. The maximum absolute atomic E-state index is 9.73. The lowest BCUT2D eigenvalue weighted by molar-refractivity contribution is -0.0400. The summed E-state index contributed by atoms with van der Waals surface area (Å²) in [7, 11) is 0.